The van der Waals surface area contributed by atoms with Gasteiger partial charge in [-0.15, -0.1) is 0 Å². The molecule has 0 N–H and O–H groups in total. The number of carbonyl (C=O) groups is 1. The van der Waals surface area contributed by atoms with Crippen LogP contribution in [0.1, 0.15) is 47.2 Å². The average Bonchev–Trinajstić information content (AvgIpc) is 2.18. The van der Waals surface area contributed by atoms with Gasteiger partial charge in [-0.25, -0.2) is 0 Å². The SMILES string of the molecule is Cc1cc(Br)c2c(c1Br)C(=O)CCC2C. The Morgan fingerprint density at radius 3 is 2.73 bits per heavy atom. The molecule has 0 aromatic heterocycles. The Morgan fingerprint density at radius 2 is 2.07 bits per heavy atom. The number of rotatable bonds is 0. The van der Waals surface area contributed by atoms with Crippen LogP contribution in [0.4, 0.5) is 0 Å². The quantitative estimate of drug-likeness (QED) is 0.679. The zero-order chi connectivity index (χ0) is 11.2. The maximum atomic E-state index is 11.9. The largest absolute Gasteiger partial charge is 0.294 e. The van der Waals surface area contributed by atoms with E-state index in [1.807, 2.05) is 6.92 Å². The van der Waals surface area contributed by atoms with Gasteiger partial charge in [0.15, 0.2) is 5.78 Å². The van der Waals surface area contributed by atoms with Gasteiger partial charge in [0.25, 0.3) is 0 Å². The van der Waals surface area contributed by atoms with Gasteiger partial charge in [-0.05, 0) is 52.4 Å². The molecule has 0 amide bonds. The third-order valence-corrected chi connectivity index (χ3v) is 4.69. The van der Waals surface area contributed by atoms with Crippen LogP contribution in [0.15, 0.2) is 15.0 Å². The minimum atomic E-state index is 0.263. The standard InChI is InChI=1S/C12H12Br2O/c1-6-3-4-9(15)11-10(6)8(13)5-7(2)12(11)14/h5-6H,3-4H2,1-2H3. The van der Waals surface area contributed by atoms with Crippen LogP contribution in [0.3, 0.4) is 0 Å². The summed E-state index contributed by atoms with van der Waals surface area (Å²) in [7, 11) is 0. The smallest absolute Gasteiger partial charge is 0.164 e. The van der Waals surface area contributed by atoms with Crippen LogP contribution in [0.2, 0.25) is 0 Å². The van der Waals surface area contributed by atoms with Gasteiger partial charge in [-0.1, -0.05) is 22.9 Å². The first-order valence-corrected chi connectivity index (χ1v) is 6.62. The molecule has 1 aromatic carbocycles. The lowest BCUT2D eigenvalue weighted by molar-refractivity contribution is 0.0967. The van der Waals surface area contributed by atoms with Crippen molar-refractivity contribution in [3.8, 4) is 0 Å². The van der Waals surface area contributed by atoms with E-state index in [-0.39, 0.29) is 5.78 Å². The minimum absolute atomic E-state index is 0.263. The van der Waals surface area contributed by atoms with E-state index in [1.54, 1.807) is 0 Å². The maximum absolute atomic E-state index is 11.9. The topological polar surface area (TPSA) is 17.1 Å². The van der Waals surface area contributed by atoms with E-state index >= 15 is 0 Å². The number of benzene rings is 1. The summed E-state index contributed by atoms with van der Waals surface area (Å²) in [6.45, 7) is 4.19. The lowest BCUT2D eigenvalue weighted by Crippen LogP contribution is -2.16. The molecule has 1 unspecified atom stereocenters. The molecule has 1 aliphatic rings. The number of Topliss-reactive ketones (excluding diaryl/α,β-unsaturated/α-hetero) is 1. The Labute approximate surface area is 107 Å². The fraction of sp³-hybridized carbons (Fsp3) is 0.417. The molecule has 0 heterocycles. The van der Waals surface area contributed by atoms with Crippen LogP contribution in [0.5, 0.6) is 0 Å². The number of ketones is 1. The Kier molecular flexibility index (Phi) is 3.04. The van der Waals surface area contributed by atoms with Gasteiger partial charge in [0.05, 0.1) is 0 Å². The Bertz CT molecular complexity index is 438. The van der Waals surface area contributed by atoms with Crippen molar-refractivity contribution in [1.29, 1.82) is 0 Å². The van der Waals surface area contributed by atoms with Crippen molar-refractivity contribution >= 4 is 37.6 Å². The number of hydrogen-bond donors (Lipinski definition) is 0. The summed E-state index contributed by atoms with van der Waals surface area (Å²) >= 11 is 7.09. The molecule has 15 heavy (non-hydrogen) atoms. The molecule has 1 atom stereocenters. The number of fused-ring (bicyclic) bond motifs is 1. The van der Waals surface area contributed by atoms with Crippen molar-refractivity contribution in [2.75, 3.05) is 0 Å². The molecule has 2 rings (SSSR count). The van der Waals surface area contributed by atoms with E-state index in [2.05, 4.69) is 44.8 Å². The van der Waals surface area contributed by atoms with Gasteiger partial charge in [0.2, 0.25) is 0 Å². The number of aryl methyl sites for hydroxylation is 1. The van der Waals surface area contributed by atoms with E-state index in [0.29, 0.717) is 12.3 Å². The Balaban J connectivity index is 2.76. The van der Waals surface area contributed by atoms with Crippen LogP contribution in [0.25, 0.3) is 0 Å². The minimum Gasteiger partial charge on any atom is -0.294 e. The van der Waals surface area contributed by atoms with Gasteiger partial charge >= 0.3 is 0 Å². The maximum Gasteiger partial charge on any atom is 0.164 e. The van der Waals surface area contributed by atoms with Crippen molar-refractivity contribution in [2.24, 2.45) is 0 Å². The number of halogens is 2. The van der Waals surface area contributed by atoms with Crippen molar-refractivity contribution in [2.45, 2.75) is 32.6 Å². The summed E-state index contributed by atoms with van der Waals surface area (Å²) in [5, 5.41) is 0. The fourth-order valence-electron chi connectivity index (χ4n) is 2.14. The van der Waals surface area contributed by atoms with Crippen LogP contribution >= 0.6 is 31.9 Å². The van der Waals surface area contributed by atoms with E-state index in [1.165, 1.54) is 5.56 Å². The predicted octanol–water partition coefficient (Wildman–Crippen LogP) is 4.60. The molecule has 80 valence electrons. The molecule has 0 radical (unpaired) electrons. The molecule has 1 nitrogen and oxygen atoms in total. The summed E-state index contributed by atoms with van der Waals surface area (Å²) in [4.78, 5) is 11.9. The number of hydrogen-bond acceptors (Lipinski definition) is 1. The first-order chi connectivity index (χ1) is 7.02. The monoisotopic (exact) mass is 330 g/mol. The highest BCUT2D eigenvalue weighted by molar-refractivity contribution is 9.11. The zero-order valence-electron chi connectivity index (χ0n) is 8.73. The summed E-state index contributed by atoms with van der Waals surface area (Å²) in [6, 6.07) is 2.08. The molecule has 0 spiro atoms. The predicted molar refractivity (Wildman–Crippen MR) is 68.6 cm³/mol. The van der Waals surface area contributed by atoms with Crippen molar-refractivity contribution in [1.82, 2.24) is 0 Å². The molecule has 3 heteroatoms. The van der Waals surface area contributed by atoms with Crippen molar-refractivity contribution < 1.29 is 4.79 Å². The molecule has 1 aromatic rings. The van der Waals surface area contributed by atoms with Gasteiger partial charge < -0.3 is 0 Å². The molecule has 1 aliphatic carbocycles. The fourth-order valence-corrected chi connectivity index (χ4v) is 3.62. The Hall–Kier alpha value is -0.150. The molecular formula is C12H12Br2O. The summed E-state index contributed by atoms with van der Waals surface area (Å²) < 4.78 is 2.04. The van der Waals surface area contributed by atoms with Crippen LogP contribution in [0, 0.1) is 6.92 Å². The highest BCUT2D eigenvalue weighted by Gasteiger charge is 2.27. The normalized spacial score (nSPS) is 20.3. The van der Waals surface area contributed by atoms with Crippen molar-refractivity contribution in [3.63, 3.8) is 0 Å². The lowest BCUT2D eigenvalue weighted by atomic mass is 9.82. The third-order valence-electron chi connectivity index (χ3n) is 3.01. The van der Waals surface area contributed by atoms with Gasteiger partial charge in [0.1, 0.15) is 0 Å². The lowest BCUT2D eigenvalue weighted by Gasteiger charge is -2.24. The summed E-state index contributed by atoms with van der Waals surface area (Å²) in [6.07, 6.45) is 1.63. The van der Waals surface area contributed by atoms with Crippen molar-refractivity contribution in [3.05, 3.63) is 31.7 Å². The van der Waals surface area contributed by atoms with E-state index in [9.17, 15) is 4.79 Å². The summed E-state index contributed by atoms with van der Waals surface area (Å²) in [5.74, 6) is 0.725. The average molecular weight is 332 g/mol. The van der Waals surface area contributed by atoms with Crippen LogP contribution in [-0.2, 0) is 0 Å². The highest BCUT2D eigenvalue weighted by Crippen LogP contribution is 2.41. The summed E-state index contributed by atoms with van der Waals surface area (Å²) in [5.41, 5.74) is 3.17. The molecular weight excluding hydrogens is 320 g/mol. The van der Waals surface area contributed by atoms with Crippen LogP contribution in [-0.4, -0.2) is 5.78 Å². The second kappa shape index (κ2) is 4.02. The third kappa shape index (κ3) is 1.80. The Morgan fingerprint density at radius 1 is 1.40 bits per heavy atom. The second-order valence-corrected chi connectivity index (χ2v) is 5.79. The van der Waals surface area contributed by atoms with Gasteiger partial charge in [-0.2, -0.15) is 0 Å². The zero-order valence-corrected chi connectivity index (χ0v) is 11.9. The van der Waals surface area contributed by atoms with Gasteiger partial charge in [0, 0.05) is 20.9 Å². The highest BCUT2D eigenvalue weighted by atomic mass is 79.9. The molecule has 0 aliphatic heterocycles. The van der Waals surface area contributed by atoms with E-state index in [4.69, 9.17) is 0 Å². The molecule has 0 saturated carbocycles. The molecule has 0 bridgehead atoms. The molecule has 0 fully saturated rings. The van der Waals surface area contributed by atoms with Crippen LogP contribution < -0.4 is 0 Å². The number of carbonyl (C=O) groups excluding carboxylic acids is 1. The second-order valence-electron chi connectivity index (χ2n) is 4.14. The van der Waals surface area contributed by atoms with E-state index in [0.717, 1.165) is 26.5 Å². The molecule has 0 saturated heterocycles. The first kappa shape index (κ1) is 11.3. The van der Waals surface area contributed by atoms with Gasteiger partial charge in [-0.3, -0.25) is 4.79 Å². The van der Waals surface area contributed by atoms with E-state index < -0.39 is 0 Å². The first-order valence-electron chi connectivity index (χ1n) is 5.04.